The smallest absolute Gasteiger partial charge is 0.208 e. The van der Waals surface area contributed by atoms with Crippen LogP contribution in [0.4, 0.5) is 0 Å². The molecular weight excluding hydrogens is 336 g/mol. The summed E-state index contributed by atoms with van der Waals surface area (Å²) in [4.78, 5) is 16.4. The number of rotatable bonds is 5. The third kappa shape index (κ3) is 3.06. The third-order valence-electron chi connectivity index (χ3n) is 3.81. The lowest BCUT2D eigenvalue weighted by molar-refractivity contribution is 0.0994. The first-order valence-electron chi connectivity index (χ1n) is 7.67. The lowest BCUT2D eigenvalue weighted by atomic mass is 10.2. The van der Waals surface area contributed by atoms with Crippen molar-refractivity contribution in [3.05, 3.63) is 60.6 Å². The van der Waals surface area contributed by atoms with E-state index >= 15 is 0 Å². The lowest BCUT2D eigenvalue weighted by Gasteiger charge is -2.02. The second kappa shape index (κ2) is 6.52. The van der Waals surface area contributed by atoms with E-state index in [4.69, 9.17) is 4.42 Å². The number of thioether (sulfide) groups is 1. The predicted molar refractivity (Wildman–Crippen MR) is 95.5 cm³/mol. The van der Waals surface area contributed by atoms with Gasteiger partial charge in [0, 0.05) is 30.4 Å². The van der Waals surface area contributed by atoms with Gasteiger partial charge in [-0.1, -0.05) is 30.0 Å². The van der Waals surface area contributed by atoms with Gasteiger partial charge < -0.3 is 8.98 Å². The van der Waals surface area contributed by atoms with Crippen LogP contribution < -0.4 is 0 Å². The highest BCUT2D eigenvalue weighted by molar-refractivity contribution is 7.99. The predicted octanol–water partition coefficient (Wildman–Crippen LogP) is 3.60. The first kappa shape index (κ1) is 15.6. The van der Waals surface area contributed by atoms with Crippen molar-refractivity contribution < 1.29 is 9.21 Å². The van der Waals surface area contributed by atoms with Gasteiger partial charge in [-0.25, -0.2) is 0 Å². The number of hydrogen-bond acceptors (Lipinski definition) is 6. The molecule has 3 heterocycles. The SMILES string of the molecule is Cn1c(SCC(=O)c2cc3ccccc3o2)nnc1-c1ccncc1. The normalized spacial score (nSPS) is 11.1. The van der Waals surface area contributed by atoms with E-state index in [-0.39, 0.29) is 11.5 Å². The van der Waals surface area contributed by atoms with Crippen molar-refractivity contribution in [2.75, 3.05) is 5.75 Å². The average Bonchev–Trinajstić information content (AvgIpc) is 3.24. The summed E-state index contributed by atoms with van der Waals surface area (Å²) in [5, 5.41) is 9.98. The standard InChI is InChI=1S/C18H14N4O2S/c1-22-17(12-6-8-19-9-7-12)20-21-18(22)25-11-14(23)16-10-13-4-2-3-5-15(13)24-16/h2-10H,11H2,1H3. The Balaban J connectivity index is 1.50. The van der Waals surface area contributed by atoms with Gasteiger partial charge in [0.05, 0.1) is 5.75 Å². The molecule has 25 heavy (non-hydrogen) atoms. The fraction of sp³-hybridized carbons (Fsp3) is 0.111. The van der Waals surface area contributed by atoms with Crippen LogP contribution in [0, 0.1) is 0 Å². The van der Waals surface area contributed by atoms with Crippen molar-refractivity contribution in [3.8, 4) is 11.4 Å². The molecular formula is C18H14N4O2S. The van der Waals surface area contributed by atoms with Crippen LogP contribution in [0.25, 0.3) is 22.4 Å². The van der Waals surface area contributed by atoms with Gasteiger partial charge in [0.1, 0.15) is 5.58 Å². The summed E-state index contributed by atoms with van der Waals surface area (Å²) < 4.78 is 7.48. The number of carbonyl (C=O) groups excluding carboxylic acids is 1. The summed E-state index contributed by atoms with van der Waals surface area (Å²) in [7, 11) is 1.88. The van der Waals surface area contributed by atoms with E-state index in [0.717, 1.165) is 22.4 Å². The van der Waals surface area contributed by atoms with E-state index in [0.29, 0.717) is 10.9 Å². The molecule has 0 fully saturated rings. The minimum absolute atomic E-state index is 0.0744. The Bertz CT molecular complexity index is 1010. The Hall–Kier alpha value is -2.93. The molecule has 0 aliphatic carbocycles. The molecule has 6 nitrogen and oxygen atoms in total. The number of benzene rings is 1. The first-order chi connectivity index (χ1) is 12.2. The molecule has 4 aromatic rings. The van der Waals surface area contributed by atoms with E-state index < -0.39 is 0 Å². The summed E-state index contributed by atoms with van der Waals surface area (Å²) in [6, 6.07) is 13.1. The number of fused-ring (bicyclic) bond motifs is 1. The molecule has 0 radical (unpaired) electrons. The quantitative estimate of drug-likeness (QED) is 0.404. The van der Waals surface area contributed by atoms with E-state index in [9.17, 15) is 4.79 Å². The van der Waals surface area contributed by atoms with Crippen LogP contribution in [-0.2, 0) is 7.05 Å². The summed E-state index contributed by atoms with van der Waals surface area (Å²) in [6.45, 7) is 0. The molecule has 0 aliphatic rings. The van der Waals surface area contributed by atoms with Crippen LogP contribution in [-0.4, -0.2) is 31.3 Å². The maximum Gasteiger partial charge on any atom is 0.208 e. The summed E-state index contributed by atoms with van der Waals surface area (Å²) in [6.07, 6.45) is 3.42. The van der Waals surface area contributed by atoms with Crippen LogP contribution in [0.2, 0.25) is 0 Å². The Morgan fingerprint density at radius 1 is 1.16 bits per heavy atom. The van der Waals surface area contributed by atoms with Crippen molar-refractivity contribution >= 4 is 28.5 Å². The highest BCUT2D eigenvalue weighted by atomic mass is 32.2. The Morgan fingerprint density at radius 3 is 2.76 bits per heavy atom. The molecule has 124 valence electrons. The second-order valence-corrected chi connectivity index (χ2v) is 6.40. The highest BCUT2D eigenvalue weighted by Gasteiger charge is 2.16. The maximum atomic E-state index is 12.4. The van der Waals surface area contributed by atoms with Gasteiger partial charge in [0.2, 0.25) is 5.78 Å². The Kier molecular flexibility index (Phi) is 4.07. The molecule has 4 rings (SSSR count). The van der Waals surface area contributed by atoms with Crippen LogP contribution in [0.5, 0.6) is 0 Å². The Morgan fingerprint density at radius 2 is 1.96 bits per heavy atom. The van der Waals surface area contributed by atoms with Gasteiger partial charge in [0.25, 0.3) is 0 Å². The number of nitrogens with zero attached hydrogens (tertiary/aromatic N) is 4. The molecule has 0 amide bonds. The number of Topliss-reactive ketones (excluding diaryl/α,β-unsaturated/α-hetero) is 1. The fourth-order valence-corrected chi connectivity index (χ4v) is 3.29. The number of aromatic nitrogens is 4. The summed E-state index contributed by atoms with van der Waals surface area (Å²) >= 11 is 1.34. The molecule has 0 atom stereocenters. The van der Waals surface area contributed by atoms with Crippen molar-refractivity contribution in [3.63, 3.8) is 0 Å². The number of para-hydroxylation sites is 1. The summed E-state index contributed by atoms with van der Waals surface area (Å²) in [5.41, 5.74) is 1.65. The molecule has 1 aromatic carbocycles. The minimum atomic E-state index is -0.0744. The van der Waals surface area contributed by atoms with Gasteiger partial charge >= 0.3 is 0 Å². The lowest BCUT2D eigenvalue weighted by Crippen LogP contribution is -2.02. The largest absolute Gasteiger partial charge is 0.453 e. The van der Waals surface area contributed by atoms with Gasteiger partial charge in [-0.3, -0.25) is 9.78 Å². The minimum Gasteiger partial charge on any atom is -0.453 e. The molecule has 0 unspecified atom stereocenters. The molecule has 0 saturated heterocycles. The molecule has 0 bridgehead atoms. The molecule has 0 N–H and O–H groups in total. The third-order valence-corrected chi connectivity index (χ3v) is 4.83. The Labute approximate surface area is 147 Å². The van der Waals surface area contributed by atoms with Crippen molar-refractivity contribution in [1.82, 2.24) is 19.7 Å². The second-order valence-electron chi connectivity index (χ2n) is 5.46. The van der Waals surface area contributed by atoms with Crippen LogP contribution in [0.15, 0.2) is 64.4 Å². The zero-order valence-electron chi connectivity index (χ0n) is 13.4. The molecule has 0 aliphatic heterocycles. The number of pyridine rings is 1. The molecule has 3 aromatic heterocycles. The van der Waals surface area contributed by atoms with E-state index in [2.05, 4.69) is 15.2 Å². The molecule has 0 spiro atoms. The van der Waals surface area contributed by atoms with Gasteiger partial charge in [0.15, 0.2) is 16.7 Å². The zero-order chi connectivity index (χ0) is 17.2. The number of carbonyl (C=O) groups is 1. The van der Waals surface area contributed by atoms with Crippen LogP contribution in [0.1, 0.15) is 10.6 Å². The fourth-order valence-electron chi connectivity index (χ4n) is 2.51. The first-order valence-corrected chi connectivity index (χ1v) is 8.65. The number of furan rings is 1. The maximum absolute atomic E-state index is 12.4. The van der Waals surface area contributed by atoms with Gasteiger partial charge in [-0.05, 0) is 24.3 Å². The van der Waals surface area contributed by atoms with Crippen LogP contribution in [0.3, 0.4) is 0 Å². The van der Waals surface area contributed by atoms with Crippen molar-refractivity contribution in [1.29, 1.82) is 0 Å². The molecule has 0 saturated carbocycles. The number of hydrogen-bond donors (Lipinski definition) is 0. The van der Waals surface area contributed by atoms with Crippen LogP contribution >= 0.6 is 11.8 Å². The zero-order valence-corrected chi connectivity index (χ0v) is 14.2. The summed E-state index contributed by atoms with van der Waals surface area (Å²) in [5.74, 6) is 1.27. The average molecular weight is 350 g/mol. The van der Waals surface area contributed by atoms with Gasteiger partial charge in [-0.15, -0.1) is 10.2 Å². The van der Waals surface area contributed by atoms with E-state index in [1.165, 1.54) is 11.8 Å². The monoisotopic (exact) mass is 350 g/mol. The van der Waals surface area contributed by atoms with Gasteiger partial charge in [-0.2, -0.15) is 0 Å². The van der Waals surface area contributed by atoms with Crippen molar-refractivity contribution in [2.45, 2.75) is 5.16 Å². The van der Waals surface area contributed by atoms with E-state index in [1.54, 1.807) is 18.5 Å². The molecule has 7 heteroatoms. The van der Waals surface area contributed by atoms with Crippen molar-refractivity contribution in [2.24, 2.45) is 7.05 Å². The topological polar surface area (TPSA) is 73.8 Å². The number of ketones is 1. The van der Waals surface area contributed by atoms with E-state index in [1.807, 2.05) is 48.0 Å². The highest BCUT2D eigenvalue weighted by Crippen LogP contribution is 2.24.